The van der Waals surface area contributed by atoms with Crippen molar-refractivity contribution in [3.63, 3.8) is 0 Å². The molecule has 0 spiro atoms. The van der Waals surface area contributed by atoms with Gasteiger partial charge in [-0.25, -0.2) is 0 Å². The molecule has 0 aliphatic carbocycles. The van der Waals surface area contributed by atoms with Crippen LogP contribution in [0.15, 0.2) is 70.7 Å². The minimum Gasteiger partial charge on any atom is -0.375 e. The van der Waals surface area contributed by atoms with E-state index < -0.39 is 4.92 Å². The predicted octanol–water partition coefficient (Wildman–Crippen LogP) is 12.4. The zero-order chi connectivity index (χ0) is 30.7. The fourth-order valence-electron chi connectivity index (χ4n) is 5.16. The molecule has 0 radical (unpaired) electrons. The van der Waals surface area contributed by atoms with E-state index in [1.807, 2.05) is 19.1 Å². The zero-order valence-corrected chi connectivity index (χ0v) is 27.2. The number of hydrogen-bond acceptors (Lipinski definition) is 5. The van der Waals surface area contributed by atoms with Gasteiger partial charge in [0.1, 0.15) is 0 Å². The molecule has 0 bridgehead atoms. The summed E-state index contributed by atoms with van der Waals surface area (Å²) in [7, 11) is 2.12. The number of hydrogen-bond donors (Lipinski definition) is 0. The third-order valence-electron chi connectivity index (χ3n) is 7.88. The van der Waals surface area contributed by atoms with E-state index in [0.717, 1.165) is 12.2 Å². The molecule has 1 rings (SSSR count). The van der Waals surface area contributed by atoms with Crippen LogP contribution in [0.25, 0.3) is 0 Å². The molecule has 0 heterocycles. The van der Waals surface area contributed by atoms with Crippen LogP contribution in [-0.4, -0.2) is 23.4 Å². The molecule has 236 valence electrons. The van der Waals surface area contributed by atoms with Crippen molar-refractivity contribution in [3.8, 4) is 0 Å². The van der Waals surface area contributed by atoms with Crippen LogP contribution in [0.5, 0.6) is 0 Å². The number of azo groups is 1. The number of allylic oxidation sites excluding steroid dienone is 3. The Bertz CT molecular complexity index is 921. The SMILES string of the molecule is C=C(/C=C\C(=C/C)N(C)CCCCCCCCCCCCCCCCCCCCCC)N=Nc1ccc([N+](=O)[O-])cc1. The van der Waals surface area contributed by atoms with Gasteiger partial charge in [-0.1, -0.05) is 142 Å². The van der Waals surface area contributed by atoms with Crippen molar-refractivity contribution in [1.29, 1.82) is 0 Å². The molecule has 0 saturated carbocycles. The summed E-state index contributed by atoms with van der Waals surface area (Å²) in [6.07, 6.45) is 34.0. The molecule has 6 nitrogen and oxygen atoms in total. The number of benzene rings is 1. The molecule has 0 atom stereocenters. The summed E-state index contributed by atoms with van der Waals surface area (Å²) in [5, 5.41) is 19.0. The van der Waals surface area contributed by atoms with E-state index in [2.05, 4.69) is 41.8 Å². The molecule has 0 amide bonds. The van der Waals surface area contributed by atoms with Gasteiger partial charge >= 0.3 is 0 Å². The molecule has 6 heteroatoms. The van der Waals surface area contributed by atoms with Crippen LogP contribution in [0.3, 0.4) is 0 Å². The summed E-state index contributed by atoms with van der Waals surface area (Å²) in [5.74, 6) is 0. The molecule has 0 fully saturated rings. The lowest BCUT2D eigenvalue weighted by atomic mass is 10.0. The molecule has 1 aromatic carbocycles. The maximum absolute atomic E-state index is 10.8. The molecular weight excluding hydrogens is 520 g/mol. The van der Waals surface area contributed by atoms with Crippen molar-refractivity contribution < 1.29 is 4.92 Å². The number of likely N-dealkylation sites (N-methyl/N-ethyl adjacent to an activating group) is 1. The Morgan fingerprint density at radius 3 is 1.60 bits per heavy atom. The smallest absolute Gasteiger partial charge is 0.269 e. The highest BCUT2D eigenvalue weighted by atomic mass is 16.6. The van der Waals surface area contributed by atoms with Crippen LogP contribution in [0.4, 0.5) is 11.4 Å². The second-order valence-electron chi connectivity index (χ2n) is 11.7. The van der Waals surface area contributed by atoms with Gasteiger partial charge in [-0.05, 0) is 37.6 Å². The first-order valence-corrected chi connectivity index (χ1v) is 16.9. The van der Waals surface area contributed by atoms with Gasteiger partial charge in [-0.3, -0.25) is 10.1 Å². The van der Waals surface area contributed by atoms with E-state index in [9.17, 15) is 10.1 Å². The molecule has 0 aliphatic rings. The monoisotopic (exact) mass is 580 g/mol. The van der Waals surface area contributed by atoms with E-state index in [0.29, 0.717) is 11.4 Å². The van der Waals surface area contributed by atoms with Gasteiger partial charge in [-0.2, -0.15) is 10.2 Å². The molecule has 1 aromatic rings. The van der Waals surface area contributed by atoms with Gasteiger partial charge in [0.25, 0.3) is 5.69 Å². The topological polar surface area (TPSA) is 71.1 Å². The second-order valence-corrected chi connectivity index (χ2v) is 11.7. The first-order chi connectivity index (χ1) is 20.5. The quantitative estimate of drug-likeness (QED) is 0.0341. The Kier molecular flexibility index (Phi) is 23.0. The van der Waals surface area contributed by atoms with Crippen molar-refractivity contribution in [2.75, 3.05) is 13.6 Å². The van der Waals surface area contributed by atoms with Crippen molar-refractivity contribution in [2.24, 2.45) is 10.2 Å². The Morgan fingerprint density at radius 1 is 0.762 bits per heavy atom. The first kappa shape index (κ1) is 37.3. The maximum Gasteiger partial charge on any atom is 0.269 e. The lowest BCUT2D eigenvalue weighted by Crippen LogP contribution is -2.17. The van der Waals surface area contributed by atoms with E-state index in [-0.39, 0.29) is 5.69 Å². The third-order valence-corrected chi connectivity index (χ3v) is 7.88. The number of unbranched alkanes of at least 4 members (excludes halogenated alkanes) is 19. The zero-order valence-electron chi connectivity index (χ0n) is 27.2. The molecule has 42 heavy (non-hydrogen) atoms. The van der Waals surface area contributed by atoms with E-state index in [1.165, 1.54) is 141 Å². The highest BCUT2D eigenvalue weighted by Gasteiger charge is 2.04. The summed E-state index contributed by atoms with van der Waals surface area (Å²) in [5.41, 5.74) is 2.24. The molecule has 0 N–H and O–H groups in total. The summed E-state index contributed by atoms with van der Waals surface area (Å²) >= 11 is 0. The van der Waals surface area contributed by atoms with Crippen LogP contribution in [0.2, 0.25) is 0 Å². The Labute approximate surface area is 257 Å². The summed E-state index contributed by atoms with van der Waals surface area (Å²) in [6.45, 7) is 9.29. The number of rotatable bonds is 27. The molecule has 0 saturated heterocycles. The van der Waals surface area contributed by atoms with Gasteiger partial charge in [-0.15, -0.1) is 0 Å². The van der Waals surface area contributed by atoms with E-state index >= 15 is 0 Å². The fraction of sp³-hybridized carbons (Fsp3) is 0.667. The first-order valence-electron chi connectivity index (χ1n) is 16.9. The van der Waals surface area contributed by atoms with Crippen LogP contribution in [0.1, 0.15) is 142 Å². The summed E-state index contributed by atoms with van der Waals surface area (Å²) in [4.78, 5) is 12.6. The third kappa shape index (κ3) is 20.2. The highest BCUT2D eigenvalue weighted by molar-refractivity contribution is 5.43. The van der Waals surface area contributed by atoms with Gasteiger partial charge in [0.05, 0.1) is 16.3 Å². The number of nitro groups is 1. The van der Waals surface area contributed by atoms with Crippen LogP contribution >= 0.6 is 0 Å². The van der Waals surface area contributed by atoms with Crippen LogP contribution < -0.4 is 0 Å². The van der Waals surface area contributed by atoms with Crippen LogP contribution in [-0.2, 0) is 0 Å². The lowest BCUT2D eigenvalue weighted by Gasteiger charge is -2.20. The standard InChI is InChI=1S/C36H60N4O2/c1-5-7-8-9-10-11-12-13-14-15-16-17-18-19-20-21-22-23-24-25-32-39(4)35(6-2)29-26-33(3)37-38-34-27-30-36(31-28-34)40(41)42/h6,26-31H,3,5,7-25,32H2,1-2,4H3/b29-26-,35-6+,38-37?. The minimum absolute atomic E-state index is 0.0358. The molecular formula is C36H60N4O2. The van der Waals surface area contributed by atoms with Crippen LogP contribution in [0, 0.1) is 10.1 Å². The lowest BCUT2D eigenvalue weighted by molar-refractivity contribution is -0.384. The van der Waals surface area contributed by atoms with Gasteiger partial charge in [0.15, 0.2) is 0 Å². The number of nitro benzene ring substituents is 1. The van der Waals surface area contributed by atoms with Gasteiger partial charge in [0, 0.05) is 31.4 Å². The molecule has 0 aliphatic heterocycles. The number of nitrogens with zero attached hydrogens (tertiary/aromatic N) is 4. The highest BCUT2D eigenvalue weighted by Crippen LogP contribution is 2.19. The Balaban J connectivity index is 2.00. The van der Waals surface area contributed by atoms with Crippen molar-refractivity contribution >= 4 is 11.4 Å². The van der Waals surface area contributed by atoms with E-state index in [4.69, 9.17) is 0 Å². The number of non-ortho nitro benzene ring substituents is 1. The second kappa shape index (κ2) is 25.9. The summed E-state index contributed by atoms with van der Waals surface area (Å²) in [6, 6.07) is 5.98. The maximum atomic E-state index is 10.8. The van der Waals surface area contributed by atoms with Crippen molar-refractivity contribution in [1.82, 2.24) is 4.90 Å². The minimum atomic E-state index is -0.431. The van der Waals surface area contributed by atoms with Crippen molar-refractivity contribution in [2.45, 2.75) is 142 Å². The molecule has 0 unspecified atom stereocenters. The largest absolute Gasteiger partial charge is 0.375 e. The Hall–Kier alpha value is -2.76. The molecule has 0 aromatic heterocycles. The normalized spacial score (nSPS) is 12.0. The summed E-state index contributed by atoms with van der Waals surface area (Å²) < 4.78 is 0. The fourth-order valence-corrected chi connectivity index (χ4v) is 5.16. The van der Waals surface area contributed by atoms with Crippen molar-refractivity contribution in [3.05, 3.63) is 70.6 Å². The average molecular weight is 581 g/mol. The predicted molar refractivity (Wildman–Crippen MR) is 180 cm³/mol. The van der Waals surface area contributed by atoms with Gasteiger partial charge in [0.2, 0.25) is 0 Å². The van der Waals surface area contributed by atoms with Gasteiger partial charge < -0.3 is 4.90 Å². The van der Waals surface area contributed by atoms with E-state index in [1.54, 1.807) is 12.1 Å². The average Bonchev–Trinajstić information content (AvgIpc) is 2.99. The Morgan fingerprint density at radius 2 is 1.19 bits per heavy atom.